The van der Waals surface area contributed by atoms with E-state index in [1.54, 1.807) is 50.2 Å². The van der Waals surface area contributed by atoms with Gasteiger partial charge in [0.1, 0.15) is 29.8 Å². The third kappa shape index (κ3) is 4.97. The molecule has 3 rings (SSSR count). The number of benzene rings is 2. The molecule has 1 aliphatic heterocycles. The number of carbonyl (C=O) groups excluding carboxylic acids is 1. The van der Waals surface area contributed by atoms with Gasteiger partial charge >= 0.3 is 5.97 Å². The summed E-state index contributed by atoms with van der Waals surface area (Å²) in [7, 11) is 0. The molecule has 166 valence electrons. The van der Waals surface area contributed by atoms with E-state index < -0.39 is 11.9 Å². The number of rotatable bonds is 6. The van der Waals surface area contributed by atoms with Crippen LogP contribution in [-0.4, -0.2) is 12.6 Å². The summed E-state index contributed by atoms with van der Waals surface area (Å²) < 4.78 is 16.7. The van der Waals surface area contributed by atoms with E-state index in [1.165, 1.54) is 0 Å². The molecule has 0 spiro atoms. The summed E-state index contributed by atoms with van der Waals surface area (Å²) in [5, 5.41) is 11.0. The van der Waals surface area contributed by atoms with E-state index in [0.717, 1.165) is 5.56 Å². The van der Waals surface area contributed by atoms with Crippen molar-refractivity contribution in [3.05, 3.63) is 85.4 Å². The van der Waals surface area contributed by atoms with Crippen molar-refractivity contribution in [3.8, 4) is 11.8 Å². The standard InChI is InChI=1S/C23H19Cl3N2O4/c1-3-30-23(29)20-12(2)32-22(28)16(10-27)21(20)15-9-14(24)5-7-19(15)31-11-13-4-6-17(25)18(26)8-13/h4-9,21H,3,11,28H2,1-2H3. The van der Waals surface area contributed by atoms with E-state index >= 15 is 0 Å². The zero-order valence-electron chi connectivity index (χ0n) is 17.2. The quantitative estimate of drug-likeness (QED) is 0.506. The molecule has 0 radical (unpaired) electrons. The van der Waals surface area contributed by atoms with Gasteiger partial charge in [0, 0.05) is 10.6 Å². The molecule has 0 aromatic heterocycles. The number of carbonyl (C=O) groups is 1. The first kappa shape index (κ1) is 23.8. The predicted octanol–water partition coefficient (Wildman–Crippen LogP) is 5.87. The number of halogens is 3. The zero-order valence-corrected chi connectivity index (χ0v) is 19.5. The highest BCUT2D eigenvalue weighted by molar-refractivity contribution is 6.42. The van der Waals surface area contributed by atoms with Gasteiger partial charge in [0.05, 0.1) is 28.1 Å². The van der Waals surface area contributed by atoms with Crippen LogP contribution in [0.1, 0.15) is 30.9 Å². The molecule has 2 aromatic rings. The van der Waals surface area contributed by atoms with Crippen molar-refractivity contribution in [2.75, 3.05) is 6.61 Å². The van der Waals surface area contributed by atoms with Crippen LogP contribution >= 0.6 is 34.8 Å². The summed E-state index contributed by atoms with van der Waals surface area (Å²) in [6, 6.07) is 12.1. The smallest absolute Gasteiger partial charge is 0.338 e. The van der Waals surface area contributed by atoms with Crippen LogP contribution in [0.5, 0.6) is 5.75 Å². The minimum atomic E-state index is -0.879. The number of esters is 1. The van der Waals surface area contributed by atoms with Gasteiger partial charge < -0.3 is 19.9 Å². The van der Waals surface area contributed by atoms with Crippen LogP contribution in [-0.2, 0) is 20.9 Å². The number of allylic oxidation sites excluding steroid dienone is 2. The second-order valence-corrected chi connectivity index (χ2v) is 8.09. The Morgan fingerprint density at radius 3 is 2.59 bits per heavy atom. The number of nitriles is 1. The molecule has 0 amide bonds. The van der Waals surface area contributed by atoms with Gasteiger partial charge in [0.15, 0.2) is 0 Å². The summed E-state index contributed by atoms with van der Waals surface area (Å²) >= 11 is 18.3. The second-order valence-electron chi connectivity index (χ2n) is 6.83. The zero-order chi connectivity index (χ0) is 23.4. The molecule has 32 heavy (non-hydrogen) atoms. The molecule has 1 unspecified atom stereocenters. The summed E-state index contributed by atoms with van der Waals surface area (Å²) in [5.74, 6) is -0.956. The van der Waals surface area contributed by atoms with Crippen molar-refractivity contribution in [3.63, 3.8) is 0 Å². The van der Waals surface area contributed by atoms with E-state index in [4.69, 9.17) is 54.7 Å². The molecule has 2 aromatic carbocycles. The van der Waals surface area contributed by atoms with Crippen LogP contribution in [0.4, 0.5) is 0 Å². The molecular formula is C23H19Cl3N2O4. The molecule has 0 aliphatic carbocycles. The van der Waals surface area contributed by atoms with Crippen LogP contribution in [0.25, 0.3) is 0 Å². The number of nitrogens with two attached hydrogens (primary N) is 1. The van der Waals surface area contributed by atoms with Crippen LogP contribution < -0.4 is 10.5 Å². The van der Waals surface area contributed by atoms with Crippen molar-refractivity contribution >= 4 is 40.8 Å². The lowest BCUT2D eigenvalue weighted by Gasteiger charge is -2.28. The van der Waals surface area contributed by atoms with Crippen LogP contribution in [0.15, 0.2) is 59.2 Å². The second kappa shape index (κ2) is 10.2. The first-order valence-corrected chi connectivity index (χ1v) is 10.7. The Balaban J connectivity index is 2.07. The molecule has 0 saturated heterocycles. The maximum absolute atomic E-state index is 12.8. The van der Waals surface area contributed by atoms with Crippen LogP contribution in [0.2, 0.25) is 15.1 Å². The molecule has 0 bridgehead atoms. The molecule has 9 heteroatoms. The molecule has 0 saturated carbocycles. The maximum Gasteiger partial charge on any atom is 0.338 e. The molecule has 1 atom stereocenters. The van der Waals surface area contributed by atoms with E-state index in [-0.39, 0.29) is 36.0 Å². The normalized spacial score (nSPS) is 15.8. The SMILES string of the molecule is CCOC(=O)C1=C(C)OC(N)=C(C#N)C1c1cc(Cl)ccc1OCc1ccc(Cl)c(Cl)c1. The summed E-state index contributed by atoms with van der Waals surface area (Å²) in [6.45, 7) is 3.58. The number of ether oxygens (including phenoxy) is 3. The fourth-order valence-corrected chi connectivity index (χ4v) is 3.83. The Labute approximate surface area is 200 Å². The lowest BCUT2D eigenvalue weighted by molar-refractivity contribution is -0.139. The molecule has 2 N–H and O–H groups in total. The lowest BCUT2D eigenvalue weighted by atomic mass is 9.82. The minimum absolute atomic E-state index is 0.0558. The Morgan fingerprint density at radius 2 is 1.94 bits per heavy atom. The summed E-state index contributed by atoms with van der Waals surface area (Å²) in [6.07, 6.45) is 0. The van der Waals surface area contributed by atoms with Gasteiger partial charge in [0.25, 0.3) is 0 Å². The molecule has 6 nitrogen and oxygen atoms in total. The third-order valence-electron chi connectivity index (χ3n) is 4.76. The van der Waals surface area contributed by atoms with Gasteiger partial charge in [-0.25, -0.2) is 4.79 Å². The Morgan fingerprint density at radius 1 is 1.19 bits per heavy atom. The Hall–Kier alpha value is -2.85. The van der Waals surface area contributed by atoms with Crippen LogP contribution in [0, 0.1) is 11.3 Å². The molecule has 0 fully saturated rings. The van der Waals surface area contributed by atoms with Crippen molar-refractivity contribution in [1.29, 1.82) is 5.26 Å². The lowest BCUT2D eigenvalue weighted by Crippen LogP contribution is -2.26. The highest BCUT2D eigenvalue weighted by Gasteiger charge is 2.38. The van der Waals surface area contributed by atoms with Gasteiger partial charge in [-0.2, -0.15) is 5.26 Å². The topological polar surface area (TPSA) is 94.6 Å². The number of hydrogen-bond acceptors (Lipinski definition) is 6. The minimum Gasteiger partial charge on any atom is -0.489 e. The highest BCUT2D eigenvalue weighted by Crippen LogP contribution is 2.44. The van der Waals surface area contributed by atoms with E-state index in [2.05, 4.69) is 0 Å². The molecule has 1 aliphatic rings. The van der Waals surface area contributed by atoms with Gasteiger partial charge in [-0.05, 0) is 49.7 Å². The fraction of sp³-hybridized carbons (Fsp3) is 0.217. The van der Waals surface area contributed by atoms with Crippen molar-refractivity contribution in [1.82, 2.24) is 0 Å². The Bertz CT molecular complexity index is 1170. The van der Waals surface area contributed by atoms with Crippen LogP contribution in [0.3, 0.4) is 0 Å². The van der Waals surface area contributed by atoms with Crippen molar-refractivity contribution in [2.45, 2.75) is 26.4 Å². The molecular weight excluding hydrogens is 475 g/mol. The monoisotopic (exact) mass is 492 g/mol. The van der Waals surface area contributed by atoms with Crippen molar-refractivity contribution in [2.24, 2.45) is 5.73 Å². The Kier molecular flexibility index (Phi) is 7.57. The van der Waals surface area contributed by atoms with Gasteiger partial charge in [0.2, 0.25) is 5.88 Å². The average molecular weight is 494 g/mol. The number of nitrogens with zero attached hydrogens (tertiary/aromatic N) is 1. The highest BCUT2D eigenvalue weighted by atomic mass is 35.5. The van der Waals surface area contributed by atoms with Gasteiger partial charge in [-0.3, -0.25) is 0 Å². The summed E-state index contributed by atoms with van der Waals surface area (Å²) in [5.41, 5.74) is 7.44. The number of hydrogen-bond donors (Lipinski definition) is 1. The fourth-order valence-electron chi connectivity index (χ4n) is 3.33. The third-order valence-corrected chi connectivity index (χ3v) is 5.74. The average Bonchev–Trinajstić information content (AvgIpc) is 2.74. The van der Waals surface area contributed by atoms with E-state index in [1.807, 2.05) is 6.07 Å². The first-order valence-electron chi connectivity index (χ1n) is 9.58. The van der Waals surface area contributed by atoms with Gasteiger partial charge in [-0.1, -0.05) is 40.9 Å². The van der Waals surface area contributed by atoms with Gasteiger partial charge in [-0.15, -0.1) is 0 Å². The molecule has 1 heterocycles. The van der Waals surface area contributed by atoms with Crippen molar-refractivity contribution < 1.29 is 19.0 Å². The predicted molar refractivity (Wildman–Crippen MR) is 122 cm³/mol. The van der Waals surface area contributed by atoms with E-state index in [9.17, 15) is 10.1 Å². The summed E-state index contributed by atoms with van der Waals surface area (Å²) in [4.78, 5) is 12.8. The van der Waals surface area contributed by atoms with E-state index in [0.29, 0.717) is 26.4 Å². The largest absolute Gasteiger partial charge is 0.489 e. The first-order chi connectivity index (χ1) is 15.3. The maximum atomic E-state index is 12.8.